The smallest absolute Gasteiger partial charge is 0.306 e. The van der Waals surface area contributed by atoms with Gasteiger partial charge < -0.3 is 20.3 Å². The molecular formula is C53H105NO5. The van der Waals surface area contributed by atoms with Crippen molar-refractivity contribution in [3.05, 3.63) is 0 Å². The molecule has 352 valence electrons. The van der Waals surface area contributed by atoms with Crippen LogP contribution in [0.25, 0.3) is 0 Å². The summed E-state index contributed by atoms with van der Waals surface area (Å²) in [5.41, 5.74) is 0. The number of unbranched alkanes of at least 4 members (excludes halogenated alkanes) is 37. The Balaban J connectivity index is 4.41. The highest BCUT2D eigenvalue weighted by Gasteiger charge is 2.24. The topological polar surface area (TPSA) is 95.9 Å². The van der Waals surface area contributed by atoms with Gasteiger partial charge in [-0.2, -0.15) is 0 Å². The Morgan fingerprint density at radius 2 is 0.712 bits per heavy atom. The van der Waals surface area contributed by atoms with Gasteiger partial charge in [0.1, 0.15) is 6.10 Å². The highest BCUT2D eigenvalue weighted by atomic mass is 16.5. The van der Waals surface area contributed by atoms with E-state index in [1.54, 1.807) is 0 Å². The molecule has 0 aliphatic heterocycles. The van der Waals surface area contributed by atoms with Crippen LogP contribution in [-0.2, 0) is 14.3 Å². The monoisotopic (exact) mass is 836 g/mol. The highest BCUT2D eigenvalue weighted by molar-refractivity contribution is 5.77. The summed E-state index contributed by atoms with van der Waals surface area (Å²) < 4.78 is 5.92. The Morgan fingerprint density at radius 1 is 0.424 bits per heavy atom. The van der Waals surface area contributed by atoms with Crippen molar-refractivity contribution in [1.29, 1.82) is 0 Å². The Kier molecular flexibility index (Phi) is 47.0. The van der Waals surface area contributed by atoms with Gasteiger partial charge in [0.2, 0.25) is 5.91 Å². The van der Waals surface area contributed by atoms with Gasteiger partial charge in [0.05, 0.1) is 25.2 Å². The van der Waals surface area contributed by atoms with Crippen molar-refractivity contribution in [3.63, 3.8) is 0 Å². The molecule has 0 aromatic rings. The van der Waals surface area contributed by atoms with Crippen molar-refractivity contribution >= 4 is 11.9 Å². The summed E-state index contributed by atoms with van der Waals surface area (Å²) in [6.45, 7) is 6.50. The number of esters is 1. The molecule has 0 radical (unpaired) electrons. The second-order valence-corrected chi connectivity index (χ2v) is 18.6. The van der Waals surface area contributed by atoms with Crippen LogP contribution in [-0.4, -0.2) is 46.9 Å². The molecule has 3 unspecified atom stereocenters. The second-order valence-electron chi connectivity index (χ2n) is 18.6. The maximum Gasteiger partial charge on any atom is 0.306 e. The quantitative estimate of drug-likeness (QED) is 0.0419. The van der Waals surface area contributed by atoms with Gasteiger partial charge in [-0.3, -0.25) is 9.59 Å². The fourth-order valence-corrected chi connectivity index (χ4v) is 8.61. The molecule has 0 bridgehead atoms. The highest BCUT2D eigenvalue weighted by Crippen LogP contribution is 2.19. The largest absolute Gasteiger partial charge is 0.462 e. The Morgan fingerprint density at radius 3 is 1.03 bits per heavy atom. The van der Waals surface area contributed by atoms with Crippen LogP contribution in [0.5, 0.6) is 0 Å². The summed E-state index contributed by atoms with van der Waals surface area (Å²) in [5.74, 6) is -0.453. The van der Waals surface area contributed by atoms with Gasteiger partial charge in [-0.25, -0.2) is 0 Å². The molecule has 0 aliphatic rings. The third-order valence-electron chi connectivity index (χ3n) is 12.7. The first-order valence-electron chi connectivity index (χ1n) is 26.8. The van der Waals surface area contributed by atoms with Gasteiger partial charge in [0.25, 0.3) is 0 Å². The Bertz CT molecular complexity index is 852. The summed E-state index contributed by atoms with van der Waals surface area (Å²) in [7, 11) is 0. The van der Waals surface area contributed by atoms with Crippen LogP contribution in [0.1, 0.15) is 303 Å². The van der Waals surface area contributed by atoms with Crippen LogP contribution in [0.15, 0.2) is 0 Å². The van der Waals surface area contributed by atoms with Crippen LogP contribution in [0, 0.1) is 0 Å². The number of rotatable bonds is 49. The van der Waals surface area contributed by atoms with Crippen LogP contribution in [0.3, 0.4) is 0 Å². The van der Waals surface area contributed by atoms with Crippen molar-refractivity contribution in [1.82, 2.24) is 5.32 Å². The lowest BCUT2D eigenvalue weighted by atomic mass is 10.0. The Hall–Kier alpha value is -1.14. The van der Waals surface area contributed by atoms with Gasteiger partial charge in [0, 0.05) is 6.42 Å². The van der Waals surface area contributed by atoms with Crippen molar-refractivity contribution in [3.8, 4) is 0 Å². The number of ether oxygens (including phenoxy) is 1. The number of nitrogens with one attached hydrogen (secondary N) is 1. The third kappa shape index (κ3) is 43.3. The van der Waals surface area contributed by atoms with Gasteiger partial charge in [-0.15, -0.1) is 0 Å². The first-order valence-corrected chi connectivity index (χ1v) is 26.8. The summed E-state index contributed by atoms with van der Waals surface area (Å²) in [4.78, 5) is 26.1. The Labute approximate surface area is 368 Å². The number of amides is 1. The molecule has 6 nitrogen and oxygen atoms in total. The average Bonchev–Trinajstić information content (AvgIpc) is 3.23. The van der Waals surface area contributed by atoms with Gasteiger partial charge in [-0.05, 0) is 25.7 Å². The van der Waals surface area contributed by atoms with E-state index in [0.717, 1.165) is 44.9 Å². The lowest BCUT2D eigenvalue weighted by Gasteiger charge is -2.24. The number of carbonyl (C=O) groups is 2. The molecular weight excluding hydrogens is 731 g/mol. The predicted molar refractivity (Wildman–Crippen MR) is 255 cm³/mol. The fraction of sp³-hybridized carbons (Fsp3) is 0.962. The van der Waals surface area contributed by atoms with Gasteiger partial charge in [-0.1, -0.05) is 265 Å². The molecule has 1 amide bonds. The molecule has 6 heteroatoms. The molecule has 0 spiro atoms. The number of carbonyl (C=O) groups excluding carboxylic acids is 2. The van der Waals surface area contributed by atoms with E-state index in [9.17, 15) is 19.8 Å². The van der Waals surface area contributed by atoms with E-state index in [2.05, 4.69) is 26.1 Å². The summed E-state index contributed by atoms with van der Waals surface area (Å²) in [5, 5.41) is 23.8. The van der Waals surface area contributed by atoms with E-state index in [1.165, 1.54) is 212 Å². The average molecular weight is 836 g/mol. The fourth-order valence-electron chi connectivity index (χ4n) is 8.61. The minimum Gasteiger partial charge on any atom is -0.462 e. The zero-order chi connectivity index (χ0) is 43.1. The summed E-state index contributed by atoms with van der Waals surface area (Å²) in [6.07, 6.45) is 51.7. The van der Waals surface area contributed by atoms with Crippen molar-refractivity contribution in [2.45, 2.75) is 322 Å². The normalized spacial score (nSPS) is 13.1. The van der Waals surface area contributed by atoms with E-state index in [-0.39, 0.29) is 24.9 Å². The van der Waals surface area contributed by atoms with Crippen molar-refractivity contribution in [2.24, 2.45) is 0 Å². The zero-order valence-corrected chi connectivity index (χ0v) is 40.2. The molecule has 0 aromatic heterocycles. The second kappa shape index (κ2) is 47.9. The van der Waals surface area contributed by atoms with E-state index < -0.39 is 18.2 Å². The standard InChI is InChI=1S/C53H105NO5/c1-4-7-10-13-16-19-21-23-25-26-27-29-31-34-36-39-42-45-51(56)50(48-55)54-52(57)47-49(59-53(58)46-43-40-37-32-18-15-12-9-6-3)44-41-38-35-33-30-28-24-22-20-17-14-11-8-5-2/h49-51,55-56H,4-48H2,1-3H3,(H,54,57). The van der Waals surface area contributed by atoms with Crippen LogP contribution in [0.2, 0.25) is 0 Å². The van der Waals surface area contributed by atoms with E-state index in [1.807, 2.05) is 0 Å². The SMILES string of the molecule is CCCCCCCCCCCCCCCCCCCC(O)C(CO)NC(=O)CC(CCCCCCCCCCCCCCCC)OC(=O)CCCCCCCCCCC. The lowest BCUT2D eigenvalue weighted by molar-refractivity contribution is -0.151. The predicted octanol–water partition coefficient (Wildman–Crippen LogP) is 16.0. The molecule has 59 heavy (non-hydrogen) atoms. The van der Waals surface area contributed by atoms with Gasteiger partial charge in [0.15, 0.2) is 0 Å². The molecule has 0 saturated heterocycles. The van der Waals surface area contributed by atoms with E-state index in [0.29, 0.717) is 19.3 Å². The van der Waals surface area contributed by atoms with Crippen LogP contribution < -0.4 is 5.32 Å². The molecule has 0 aliphatic carbocycles. The van der Waals surface area contributed by atoms with E-state index in [4.69, 9.17) is 4.74 Å². The van der Waals surface area contributed by atoms with Gasteiger partial charge >= 0.3 is 5.97 Å². The third-order valence-corrected chi connectivity index (χ3v) is 12.7. The molecule has 0 fully saturated rings. The first kappa shape index (κ1) is 57.9. The molecule has 0 heterocycles. The number of hydrogen-bond acceptors (Lipinski definition) is 5. The van der Waals surface area contributed by atoms with E-state index >= 15 is 0 Å². The van der Waals surface area contributed by atoms with Crippen molar-refractivity contribution < 1.29 is 24.5 Å². The molecule has 0 rings (SSSR count). The molecule has 3 atom stereocenters. The maximum atomic E-state index is 13.2. The summed E-state index contributed by atoms with van der Waals surface area (Å²) in [6, 6.07) is -0.692. The molecule has 0 saturated carbocycles. The first-order chi connectivity index (χ1) is 29.0. The zero-order valence-electron chi connectivity index (χ0n) is 40.2. The van der Waals surface area contributed by atoms with Crippen molar-refractivity contribution in [2.75, 3.05) is 6.61 Å². The minimum absolute atomic E-state index is 0.0876. The number of aliphatic hydroxyl groups excluding tert-OH is 2. The van der Waals surface area contributed by atoms with Crippen LogP contribution in [0.4, 0.5) is 0 Å². The van der Waals surface area contributed by atoms with Crippen LogP contribution >= 0.6 is 0 Å². The molecule has 0 aromatic carbocycles. The number of aliphatic hydroxyl groups is 2. The maximum absolute atomic E-state index is 13.2. The summed E-state index contributed by atoms with van der Waals surface area (Å²) >= 11 is 0. The number of hydrogen-bond donors (Lipinski definition) is 3. The lowest BCUT2D eigenvalue weighted by Crippen LogP contribution is -2.46. The minimum atomic E-state index is -0.779. The molecule has 3 N–H and O–H groups in total.